The number of nitrogens with zero attached hydrogens (tertiary/aromatic N) is 2. The number of aliphatic hydroxyl groups is 1. The van der Waals surface area contributed by atoms with Gasteiger partial charge < -0.3 is 15.2 Å². The molecule has 2 aromatic carbocycles. The number of sulfonamides is 1. The van der Waals surface area contributed by atoms with E-state index in [9.17, 15) is 16.8 Å². The van der Waals surface area contributed by atoms with E-state index in [1.165, 1.54) is 19.1 Å². The molecule has 4 N–H and O–H groups in total. The Balaban J connectivity index is 1.96. The normalized spacial score (nSPS) is 12.0. The monoisotopic (exact) mass is 541 g/mol. The number of benzene rings is 2. The summed E-state index contributed by atoms with van der Waals surface area (Å²) in [7, 11) is -5.66. The first-order chi connectivity index (χ1) is 16.6. The fraction of sp³-hybridized carbons (Fsp3) is 0.333. The zero-order chi connectivity index (χ0) is 25.5. The summed E-state index contributed by atoms with van der Waals surface area (Å²) in [6, 6.07) is 12.3. The second-order valence-electron chi connectivity index (χ2n) is 7.52. The Morgan fingerprint density at radius 2 is 1.69 bits per heavy atom. The van der Waals surface area contributed by atoms with Gasteiger partial charge in [0.25, 0.3) is 0 Å². The number of nitrogens with one attached hydrogen (secondary N) is 3. The van der Waals surface area contributed by atoms with Crippen LogP contribution in [0.4, 0.5) is 17.3 Å². The van der Waals surface area contributed by atoms with Gasteiger partial charge in [0.15, 0.2) is 11.6 Å². The molecular weight excluding hydrogens is 514 g/mol. The van der Waals surface area contributed by atoms with Gasteiger partial charge in [0.1, 0.15) is 15.6 Å². The Morgan fingerprint density at radius 1 is 1.00 bits per heavy atom. The first kappa shape index (κ1) is 26.9. The fourth-order valence-electron chi connectivity index (χ4n) is 2.99. The smallest absolute Gasteiger partial charge is 0.234 e. The summed E-state index contributed by atoms with van der Waals surface area (Å²) in [4.78, 5) is 9.75. The number of para-hydroxylation sites is 2. The van der Waals surface area contributed by atoms with Crippen molar-refractivity contribution in [1.82, 2.24) is 14.7 Å². The number of hydrogen-bond donors (Lipinski definition) is 4. The van der Waals surface area contributed by atoms with Gasteiger partial charge in [0, 0.05) is 23.8 Å². The van der Waals surface area contributed by atoms with Crippen molar-refractivity contribution >= 4 is 60.2 Å². The van der Waals surface area contributed by atoms with E-state index < -0.39 is 19.9 Å². The van der Waals surface area contributed by atoms with Crippen LogP contribution in [0.5, 0.6) is 5.75 Å². The number of anilines is 3. The Labute approximate surface area is 208 Å². The van der Waals surface area contributed by atoms with Gasteiger partial charge in [0.05, 0.1) is 41.9 Å². The topological polar surface area (TPSA) is 160 Å². The molecular formula is C21H27N5O6S3. The minimum atomic E-state index is -3.91. The Kier molecular flexibility index (Phi) is 9.13. The lowest BCUT2D eigenvalue weighted by Gasteiger charge is -2.16. The molecule has 35 heavy (non-hydrogen) atoms. The van der Waals surface area contributed by atoms with E-state index in [0.717, 1.165) is 11.2 Å². The number of sulfone groups is 1. The van der Waals surface area contributed by atoms with Crippen LogP contribution >= 0.6 is 11.9 Å². The number of fused-ring (bicyclic) bond motifs is 1. The van der Waals surface area contributed by atoms with Crippen molar-refractivity contribution in [2.75, 3.05) is 48.1 Å². The number of rotatable bonds is 13. The summed E-state index contributed by atoms with van der Waals surface area (Å²) < 4.78 is 59.0. The standard InChI is InChI=1S/C21H27N5O6S3/c1-32-15-8-9-19(33-22-10-11-27)18(14-15)25-20-21(24-17-7-4-3-6-16(17)23-20)26-35(30,31)13-5-12-34(2,28)29/h3-4,6-9,14,22,27H,5,10-13H2,1-2H3,(H,23,25)(H,24,26). The van der Waals surface area contributed by atoms with Crippen LogP contribution in [-0.2, 0) is 19.9 Å². The van der Waals surface area contributed by atoms with Gasteiger partial charge in [-0.1, -0.05) is 12.1 Å². The van der Waals surface area contributed by atoms with Gasteiger partial charge in [-0.25, -0.2) is 26.8 Å². The minimum Gasteiger partial charge on any atom is -0.497 e. The molecule has 0 aliphatic heterocycles. The molecule has 1 aromatic heterocycles. The van der Waals surface area contributed by atoms with E-state index in [-0.39, 0.29) is 36.2 Å². The van der Waals surface area contributed by atoms with Crippen molar-refractivity contribution in [3.8, 4) is 5.75 Å². The molecule has 0 atom stereocenters. The number of hydrogen-bond acceptors (Lipinski definition) is 11. The van der Waals surface area contributed by atoms with Crippen LogP contribution in [-0.4, -0.2) is 69.9 Å². The quantitative estimate of drug-likeness (QED) is 0.185. The van der Waals surface area contributed by atoms with Gasteiger partial charge in [-0.15, -0.1) is 0 Å². The van der Waals surface area contributed by atoms with Crippen LogP contribution in [0.25, 0.3) is 11.0 Å². The highest BCUT2D eigenvalue weighted by Crippen LogP contribution is 2.34. The summed E-state index contributed by atoms with van der Waals surface area (Å²) in [5.41, 5.74) is 1.60. The van der Waals surface area contributed by atoms with E-state index >= 15 is 0 Å². The zero-order valence-electron chi connectivity index (χ0n) is 19.2. The molecule has 0 saturated heterocycles. The lowest BCUT2D eigenvalue weighted by atomic mass is 10.3. The molecule has 0 saturated carbocycles. The SMILES string of the molecule is COc1ccc(SNCCO)c(Nc2nc3ccccc3nc2NS(=O)(=O)CCCS(C)(=O)=O)c1. The molecule has 0 spiro atoms. The van der Waals surface area contributed by atoms with E-state index in [1.54, 1.807) is 42.5 Å². The highest BCUT2D eigenvalue weighted by atomic mass is 32.2. The lowest BCUT2D eigenvalue weighted by molar-refractivity contribution is 0.302. The van der Waals surface area contributed by atoms with Crippen molar-refractivity contribution in [3.63, 3.8) is 0 Å². The van der Waals surface area contributed by atoms with Crippen LogP contribution in [0.1, 0.15) is 6.42 Å². The van der Waals surface area contributed by atoms with E-state index in [4.69, 9.17) is 9.84 Å². The van der Waals surface area contributed by atoms with Gasteiger partial charge in [-0.3, -0.25) is 9.44 Å². The van der Waals surface area contributed by atoms with Gasteiger partial charge >= 0.3 is 0 Å². The molecule has 0 amide bonds. The minimum absolute atomic E-state index is 0.0230. The summed E-state index contributed by atoms with van der Waals surface area (Å²) in [6.45, 7) is 0.331. The van der Waals surface area contributed by atoms with Crippen molar-refractivity contribution in [2.45, 2.75) is 11.3 Å². The molecule has 1 heterocycles. The van der Waals surface area contributed by atoms with Crippen LogP contribution in [0.15, 0.2) is 47.4 Å². The molecule has 0 bridgehead atoms. The lowest BCUT2D eigenvalue weighted by Crippen LogP contribution is -2.20. The first-order valence-electron chi connectivity index (χ1n) is 10.5. The van der Waals surface area contributed by atoms with Crippen LogP contribution in [0, 0.1) is 0 Å². The fourth-order valence-corrected chi connectivity index (χ4v) is 5.61. The molecule has 0 fully saturated rings. The Hall–Kier alpha value is -2.65. The maximum atomic E-state index is 12.7. The van der Waals surface area contributed by atoms with Crippen molar-refractivity contribution in [3.05, 3.63) is 42.5 Å². The average molecular weight is 542 g/mol. The summed E-state index contributed by atoms with van der Waals surface area (Å²) >= 11 is 1.27. The summed E-state index contributed by atoms with van der Waals surface area (Å²) in [5.74, 6) is 0.0703. The Bertz CT molecular complexity index is 1380. The van der Waals surface area contributed by atoms with Gasteiger partial charge in [0.2, 0.25) is 10.0 Å². The van der Waals surface area contributed by atoms with E-state index in [2.05, 4.69) is 24.7 Å². The van der Waals surface area contributed by atoms with Gasteiger partial charge in [-0.2, -0.15) is 0 Å². The highest BCUT2D eigenvalue weighted by Gasteiger charge is 2.19. The third kappa shape index (κ3) is 8.21. The van der Waals surface area contributed by atoms with Crippen LogP contribution in [0.3, 0.4) is 0 Å². The molecule has 14 heteroatoms. The van der Waals surface area contributed by atoms with E-state index in [0.29, 0.717) is 29.0 Å². The predicted octanol–water partition coefficient (Wildman–Crippen LogP) is 2.15. The maximum Gasteiger partial charge on any atom is 0.234 e. The van der Waals surface area contributed by atoms with Crippen LogP contribution in [0.2, 0.25) is 0 Å². The number of aliphatic hydroxyl groups excluding tert-OH is 1. The highest BCUT2D eigenvalue weighted by molar-refractivity contribution is 7.97. The molecule has 0 aliphatic rings. The molecule has 3 aromatic rings. The zero-order valence-corrected chi connectivity index (χ0v) is 21.6. The molecule has 0 aliphatic carbocycles. The molecule has 190 valence electrons. The maximum absolute atomic E-state index is 12.7. The average Bonchev–Trinajstić information content (AvgIpc) is 2.79. The molecule has 11 nitrogen and oxygen atoms in total. The van der Waals surface area contributed by atoms with Crippen molar-refractivity contribution in [2.24, 2.45) is 0 Å². The largest absolute Gasteiger partial charge is 0.497 e. The summed E-state index contributed by atoms with van der Waals surface area (Å²) in [6.07, 6.45) is 1.01. The Morgan fingerprint density at radius 3 is 2.31 bits per heavy atom. The first-order valence-corrected chi connectivity index (χ1v) is 15.0. The van der Waals surface area contributed by atoms with Gasteiger partial charge in [-0.05, 0) is 42.6 Å². The van der Waals surface area contributed by atoms with E-state index in [1.807, 2.05) is 0 Å². The van der Waals surface area contributed by atoms with Crippen LogP contribution < -0.4 is 19.5 Å². The molecule has 0 radical (unpaired) electrons. The van der Waals surface area contributed by atoms with Crippen molar-refractivity contribution in [1.29, 1.82) is 0 Å². The molecule has 3 rings (SSSR count). The molecule has 0 unspecified atom stereocenters. The predicted molar refractivity (Wildman–Crippen MR) is 138 cm³/mol. The number of ether oxygens (including phenoxy) is 1. The summed E-state index contributed by atoms with van der Waals surface area (Å²) in [5, 5.41) is 12.2. The van der Waals surface area contributed by atoms with Crippen molar-refractivity contribution < 1.29 is 26.7 Å². The third-order valence-corrected chi connectivity index (χ3v) is 7.87. The number of methoxy groups -OCH3 is 1. The third-order valence-electron chi connectivity index (χ3n) is 4.59. The second kappa shape index (κ2) is 11.9. The second-order valence-corrected chi connectivity index (χ2v) is 12.6. The number of aromatic nitrogens is 2.